The molecule has 3 aromatic rings. The molecule has 0 radical (unpaired) electrons. The summed E-state index contributed by atoms with van der Waals surface area (Å²) in [6.07, 6.45) is 0. The SMILES string of the molecule is N#CCN(C(=O)COC(=O)COc1ccc(-c2ccccc2)cc1)c1ccccc1. The molecule has 1 amide bonds. The Morgan fingerprint density at radius 3 is 2.03 bits per heavy atom. The minimum absolute atomic E-state index is 0.134. The van der Waals surface area contributed by atoms with Crippen LogP contribution in [-0.2, 0) is 14.3 Å². The van der Waals surface area contributed by atoms with Gasteiger partial charge in [-0.2, -0.15) is 5.26 Å². The molecule has 6 nitrogen and oxygen atoms in total. The van der Waals surface area contributed by atoms with E-state index in [4.69, 9.17) is 14.7 Å². The van der Waals surface area contributed by atoms with E-state index in [9.17, 15) is 9.59 Å². The first kappa shape index (κ1) is 20.6. The molecule has 0 unspecified atom stereocenters. The van der Waals surface area contributed by atoms with Gasteiger partial charge >= 0.3 is 5.97 Å². The molecule has 0 aromatic heterocycles. The zero-order valence-electron chi connectivity index (χ0n) is 16.2. The van der Waals surface area contributed by atoms with Crippen molar-refractivity contribution in [3.05, 3.63) is 84.9 Å². The van der Waals surface area contributed by atoms with Gasteiger partial charge in [-0.3, -0.25) is 9.69 Å². The van der Waals surface area contributed by atoms with E-state index in [0.717, 1.165) is 11.1 Å². The van der Waals surface area contributed by atoms with Gasteiger partial charge in [-0.25, -0.2) is 4.79 Å². The molecule has 0 aliphatic rings. The second kappa shape index (κ2) is 10.4. The van der Waals surface area contributed by atoms with E-state index in [0.29, 0.717) is 11.4 Å². The molecule has 0 saturated heterocycles. The molecule has 0 N–H and O–H groups in total. The van der Waals surface area contributed by atoms with Crippen LogP contribution in [0.25, 0.3) is 11.1 Å². The fourth-order valence-electron chi connectivity index (χ4n) is 2.78. The molecule has 6 heteroatoms. The monoisotopic (exact) mass is 400 g/mol. The summed E-state index contributed by atoms with van der Waals surface area (Å²) in [5, 5.41) is 8.96. The highest BCUT2D eigenvalue weighted by atomic mass is 16.6. The van der Waals surface area contributed by atoms with Gasteiger partial charge in [0.1, 0.15) is 12.3 Å². The molecule has 30 heavy (non-hydrogen) atoms. The number of anilines is 1. The number of nitriles is 1. The number of hydrogen-bond acceptors (Lipinski definition) is 5. The first-order valence-corrected chi connectivity index (χ1v) is 9.33. The Bertz CT molecular complexity index is 1010. The first-order valence-electron chi connectivity index (χ1n) is 9.33. The van der Waals surface area contributed by atoms with Gasteiger partial charge in [0, 0.05) is 5.69 Å². The molecule has 0 bridgehead atoms. The number of para-hydroxylation sites is 1. The smallest absolute Gasteiger partial charge is 0.344 e. The van der Waals surface area contributed by atoms with Crippen molar-refractivity contribution in [2.24, 2.45) is 0 Å². The van der Waals surface area contributed by atoms with Crippen LogP contribution in [0.2, 0.25) is 0 Å². The standard InChI is InChI=1S/C24H20N2O4/c25-15-16-26(21-9-5-2-6-10-21)23(27)17-30-24(28)18-29-22-13-11-20(12-14-22)19-7-3-1-4-8-19/h1-14H,16-18H2. The van der Waals surface area contributed by atoms with Gasteiger partial charge in [0.15, 0.2) is 13.2 Å². The van der Waals surface area contributed by atoms with Gasteiger partial charge in [0.2, 0.25) is 0 Å². The first-order chi connectivity index (χ1) is 14.7. The van der Waals surface area contributed by atoms with Crippen molar-refractivity contribution in [2.45, 2.75) is 0 Å². The second-order valence-electron chi connectivity index (χ2n) is 6.31. The Kier molecular flexibility index (Phi) is 7.17. The highest BCUT2D eigenvalue weighted by molar-refractivity contribution is 5.95. The number of hydrogen-bond donors (Lipinski definition) is 0. The van der Waals surface area contributed by atoms with Crippen LogP contribution >= 0.6 is 0 Å². The zero-order chi connectivity index (χ0) is 21.2. The molecule has 150 valence electrons. The molecule has 0 spiro atoms. The van der Waals surface area contributed by atoms with Crippen LogP contribution in [-0.4, -0.2) is 31.6 Å². The Balaban J connectivity index is 1.48. The van der Waals surface area contributed by atoms with E-state index in [2.05, 4.69) is 0 Å². The minimum atomic E-state index is -0.666. The highest BCUT2D eigenvalue weighted by Gasteiger charge is 2.17. The van der Waals surface area contributed by atoms with E-state index in [1.54, 1.807) is 36.4 Å². The Morgan fingerprint density at radius 2 is 1.40 bits per heavy atom. The van der Waals surface area contributed by atoms with Crippen LogP contribution in [0.5, 0.6) is 5.75 Å². The largest absolute Gasteiger partial charge is 0.482 e. The fourth-order valence-corrected chi connectivity index (χ4v) is 2.78. The summed E-state index contributed by atoms with van der Waals surface area (Å²) in [6.45, 7) is -0.919. The van der Waals surface area contributed by atoms with Crippen molar-refractivity contribution in [3.8, 4) is 22.9 Å². The van der Waals surface area contributed by atoms with Gasteiger partial charge in [-0.1, -0.05) is 60.7 Å². The lowest BCUT2D eigenvalue weighted by molar-refractivity contribution is -0.149. The van der Waals surface area contributed by atoms with Crippen LogP contribution < -0.4 is 9.64 Å². The molecule has 3 aromatic carbocycles. The molecular weight excluding hydrogens is 380 g/mol. The number of carbonyl (C=O) groups is 2. The highest BCUT2D eigenvalue weighted by Crippen LogP contribution is 2.22. The summed E-state index contributed by atoms with van der Waals surface area (Å²) in [7, 11) is 0. The van der Waals surface area contributed by atoms with Crippen molar-refractivity contribution in [1.82, 2.24) is 0 Å². The molecule has 3 rings (SSSR count). The predicted octanol–water partition coefficient (Wildman–Crippen LogP) is 3.83. The average Bonchev–Trinajstić information content (AvgIpc) is 2.81. The van der Waals surface area contributed by atoms with Crippen molar-refractivity contribution in [1.29, 1.82) is 5.26 Å². The maximum atomic E-state index is 12.3. The number of carbonyl (C=O) groups excluding carboxylic acids is 2. The van der Waals surface area contributed by atoms with Crippen molar-refractivity contribution in [2.75, 3.05) is 24.7 Å². The van der Waals surface area contributed by atoms with Crippen molar-refractivity contribution in [3.63, 3.8) is 0 Å². The maximum Gasteiger partial charge on any atom is 0.344 e. The maximum absolute atomic E-state index is 12.3. The Morgan fingerprint density at radius 1 is 0.800 bits per heavy atom. The lowest BCUT2D eigenvalue weighted by Gasteiger charge is -2.19. The van der Waals surface area contributed by atoms with E-state index in [1.807, 2.05) is 54.6 Å². The lowest BCUT2D eigenvalue weighted by atomic mass is 10.1. The fraction of sp³-hybridized carbons (Fsp3) is 0.125. The molecule has 0 fully saturated rings. The number of ether oxygens (including phenoxy) is 2. The quantitative estimate of drug-likeness (QED) is 0.424. The third-order valence-corrected chi connectivity index (χ3v) is 4.27. The third-order valence-electron chi connectivity index (χ3n) is 4.27. The predicted molar refractivity (Wildman–Crippen MR) is 113 cm³/mol. The summed E-state index contributed by atoms with van der Waals surface area (Å²) >= 11 is 0. The minimum Gasteiger partial charge on any atom is -0.482 e. The summed E-state index contributed by atoms with van der Waals surface area (Å²) in [6, 6.07) is 27.9. The second-order valence-corrected chi connectivity index (χ2v) is 6.31. The van der Waals surface area contributed by atoms with Crippen LogP contribution in [0, 0.1) is 11.3 Å². The van der Waals surface area contributed by atoms with Crippen molar-refractivity contribution >= 4 is 17.6 Å². The van der Waals surface area contributed by atoms with Crippen molar-refractivity contribution < 1.29 is 19.1 Å². The number of esters is 1. The summed E-state index contributed by atoms with van der Waals surface area (Å²) in [4.78, 5) is 25.5. The van der Waals surface area contributed by atoms with Gasteiger partial charge < -0.3 is 9.47 Å². The molecule has 0 atom stereocenters. The molecular formula is C24H20N2O4. The van der Waals surface area contributed by atoms with Gasteiger partial charge in [0.05, 0.1) is 6.07 Å². The number of amides is 1. The van der Waals surface area contributed by atoms with Crippen LogP contribution in [0.15, 0.2) is 84.9 Å². The van der Waals surface area contributed by atoms with Crippen LogP contribution in [0.3, 0.4) is 0 Å². The van der Waals surface area contributed by atoms with E-state index < -0.39 is 18.5 Å². The molecule has 0 aliphatic heterocycles. The average molecular weight is 400 g/mol. The number of rotatable bonds is 8. The number of nitrogens with zero attached hydrogens (tertiary/aromatic N) is 2. The number of benzene rings is 3. The Hall–Kier alpha value is -4.11. The summed E-state index contributed by atoms with van der Waals surface area (Å²) < 4.78 is 10.4. The van der Waals surface area contributed by atoms with Gasteiger partial charge in [0.25, 0.3) is 5.91 Å². The van der Waals surface area contributed by atoms with E-state index in [1.165, 1.54) is 4.90 Å². The van der Waals surface area contributed by atoms with E-state index in [-0.39, 0.29) is 13.2 Å². The molecule has 0 saturated carbocycles. The molecule has 0 heterocycles. The molecule has 0 aliphatic carbocycles. The lowest BCUT2D eigenvalue weighted by Crippen LogP contribution is -2.35. The van der Waals surface area contributed by atoms with Crippen LogP contribution in [0.4, 0.5) is 5.69 Å². The van der Waals surface area contributed by atoms with Gasteiger partial charge in [-0.05, 0) is 35.4 Å². The summed E-state index contributed by atoms with van der Waals surface area (Å²) in [5.74, 6) is -0.628. The zero-order valence-corrected chi connectivity index (χ0v) is 16.2. The van der Waals surface area contributed by atoms with Gasteiger partial charge in [-0.15, -0.1) is 0 Å². The third kappa shape index (κ3) is 5.69. The van der Waals surface area contributed by atoms with E-state index >= 15 is 0 Å². The summed E-state index contributed by atoms with van der Waals surface area (Å²) in [5.41, 5.74) is 2.69. The normalized spacial score (nSPS) is 9.97. The topological polar surface area (TPSA) is 79.6 Å². The Labute approximate surface area is 174 Å². The van der Waals surface area contributed by atoms with Crippen LogP contribution in [0.1, 0.15) is 0 Å².